The number of carbonyl (C=O) groups excluding carboxylic acids is 1. The highest BCUT2D eigenvalue weighted by atomic mass is 16.4. The number of furan rings is 1. The lowest BCUT2D eigenvalue weighted by molar-refractivity contribution is -0.159. The molecule has 1 heterocycles. The van der Waals surface area contributed by atoms with E-state index in [4.69, 9.17) is 30.0 Å². The van der Waals surface area contributed by atoms with Crippen LogP contribution < -0.4 is 5.73 Å². The standard InChI is InChI=1S/C9H7NO2.C2H2O4/c10-9(11)7-3-1-2-6-4-5-12-8(6)7;3-1(4)2(5)6/h1-5H,(H2,10,11);(H,3,4)(H,5,6). The van der Waals surface area contributed by atoms with Crippen molar-refractivity contribution in [3.05, 3.63) is 36.1 Å². The van der Waals surface area contributed by atoms with Gasteiger partial charge in [-0.15, -0.1) is 0 Å². The normalized spacial score (nSPS) is 9.33. The monoisotopic (exact) mass is 251 g/mol. The topological polar surface area (TPSA) is 131 Å². The number of amides is 1. The first-order valence-electron chi connectivity index (χ1n) is 4.65. The number of nitrogens with two attached hydrogens (primary N) is 1. The SMILES string of the molecule is NC(=O)c1cccc2ccoc12.O=C(O)C(=O)O. The molecule has 0 spiro atoms. The van der Waals surface area contributed by atoms with Crippen LogP contribution in [0.15, 0.2) is 34.9 Å². The lowest BCUT2D eigenvalue weighted by Crippen LogP contribution is -2.10. The first-order valence-corrected chi connectivity index (χ1v) is 4.65. The van der Waals surface area contributed by atoms with E-state index in [1.807, 2.05) is 6.07 Å². The van der Waals surface area contributed by atoms with Crippen molar-refractivity contribution >= 4 is 28.8 Å². The molecule has 0 saturated carbocycles. The van der Waals surface area contributed by atoms with Gasteiger partial charge in [-0.2, -0.15) is 0 Å². The molecule has 0 aliphatic carbocycles. The maximum Gasteiger partial charge on any atom is 0.414 e. The van der Waals surface area contributed by atoms with Gasteiger partial charge < -0.3 is 20.4 Å². The van der Waals surface area contributed by atoms with E-state index in [-0.39, 0.29) is 0 Å². The molecule has 1 amide bonds. The fraction of sp³-hybridized carbons (Fsp3) is 0. The summed E-state index contributed by atoms with van der Waals surface area (Å²) in [5.74, 6) is -4.11. The van der Waals surface area contributed by atoms with E-state index in [1.165, 1.54) is 6.26 Å². The number of para-hydroxylation sites is 1. The zero-order chi connectivity index (χ0) is 13.7. The summed E-state index contributed by atoms with van der Waals surface area (Å²) in [7, 11) is 0. The molecule has 18 heavy (non-hydrogen) atoms. The Morgan fingerprint density at radius 3 is 2.17 bits per heavy atom. The van der Waals surface area contributed by atoms with Crippen molar-refractivity contribution in [3.8, 4) is 0 Å². The molecule has 0 atom stereocenters. The van der Waals surface area contributed by atoms with E-state index >= 15 is 0 Å². The van der Waals surface area contributed by atoms with Crippen LogP contribution in [0.3, 0.4) is 0 Å². The smallest absolute Gasteiger partial charge is 0.414 e. The summed E-state index contributed by atoms with van der Waals surface area (Å²) in [4.78, 5) is 29.1. The highest BCUT2D eigenvalue weighted by Crippen LogP contribution is 2.18. The number of hydrogen-bond donors (Lipinski definition) is 3. The quantitative estimate of drug-likeness (QED) is 0.639. The van der Waals surface area contributed by atoms with Crippen LogP contribution in [0.25, 0.3) is 11.0 Å². The molecule has 0 aliphatic heterocycles. The number of benzene rings is 1. The van der Waals surface area contributed by atoms with Crippen molar-refractivity contribution in [3.63, 3.8) is 0 Å². The van der Waals surface area contributed by atoms with E-state index in [9.17, 15) is 4.79 Å². The van der Waals surface area contributed by atoms with Crippen molar-refractivity contribution in [2.75, 3.05) is 0 Å². The predicted molar refractivity (Wildman–Crippen MR) is 60.0 cm³/mol. The molecule has 94 valence electrons. The van der Waals surface area contributed by atoms with Crippen molar-refractivity contribution in [1.82, 2.24) is 0 Å². The minimum Gasteiger partial charge on any atom is -0.473 e. The Hall–Kier alpha value is -2.83. The lowest BCUT2D eigenvalue weighted by Gasteiger charge is -1.94. The number of rotatable bonds is 1. The summed E-state index contributed by atoms with van der Waals surface area (Å²) in [6.07, 6.45) is 1.54. The molecular formula is C11H9NO6. The van der Waals surface area contributed by atoms with Gasteiger partial charge in [0.15, 0.2) is 0 Å². The maximum absolute atomic E-state index is 10.9. The molecule has 1 aromatic carbocycles. The highest BCUT2D eigenvalue weighted by Gasteiger charge is 2.07. The molecule has 7 nitrogen and oxygen atoms in total. The van der Waals surface area contributed by atoms with Crippen LogP contribution in [0, 0.1) is 0 Å². The number of hydrogen-bond acceptors (Lipinski definition) is 4. The number of primary amides is 1. The third kappa shape index (κ3) is 3.08. The molecule has 0 bridgehead atoms. The molecule has 4 N–H and O–H groups in total. The van der Waals surface area contributed by atoms with E-state index < -0.39 is 17.8 Å². The molecular weight excluding hydrogens is 242 g/mol. The van der Waals surface area contributed by atoms with Gasteiger partial charge in [0.1, 0.15) is 5.58 Å². The Morgan fingerprint density at radius 1 is 1.06 bits per heavy atom. The Labute approximate surface area is 100 Å². The number of carboxylic acids is 2. The Morgan fingerprint density at radius 2 is 1.67 bits per heavy atom. The second-order valence-corrected chi connectivity index (χ2v) is 3.12. The molecule has 2 aromatic rings. The Bertz CT molecular complexity index is 588. The summed E-state index contributed by atoms with van der Waals surface area (Å²) in [5.41, 5.74) is 6.13. The van der Waals surface area contributed by atoms with Crippen LogP contribution in [0.1, 0.15) is 10.4 Å². The molecule has 2 rings (SSSR count). The van der Waals surface area contributed by atoms with Gasteiger partial charge in [-0.3, -0.25) is 4.79 Å². The number of carbonyl (C=O) groups is 3. The average molecular weight is 251 g/mol. The van der Waals surface area contributed by atoms with E-state index in [0.29, 0.717) is 11.1 Å². The van der Waals surface area contributed by atoms with Crippen LogP contribution in [0.5, 0.6) is 0 Å². The minimum absolute atomic E-state index is 0.428. The zero-order valence-corrected chi connectivity index (χ0v) is 8.99. The molecule has 1 aromatic heterocycles. The van der Waals surface area contributed by atoms with Crippen LogP contribution in [-0.2, 0) is 9.59 Å². The summed E-state index contributed by atoms with van der Waals surface area (Å²) in [5, 5.41) is 15.7. The summed E-state index contributed by atoms with van der Waals surface area (Å²) < 4.78 is 5.11. The van der Waals surface area contributed by atoms with Crippen LogP contribution in [0.4, 0.5) is 0 Å². The minimum atomic E-state index is -1.82. The van der Waals surface area contributed by atoms with Gasteiger partial charge in [-0.05, 0) is 12.1 Å². The lowest BCUT2D eigenvalue weighted by atomic mass is 10.1. The first-order chi connectivity index (χ1) is 8.43. The van der Waals surface area contributed by atoms with Crippen molar-refractivity contribution in [2.24, 2.45) is 5.73 Å². The Balaban J connectivity index is 0.000000232. The van der Waals surface area contributed by atoms with Crippen LogP contribution >= 0.6 is 0 Å². The zero-order valence-electron chi connectivity index (χ0n) is 8.99. The van der Waals surface area contributed by atoms with Gasteiger partial charge in [-0.1, -0.05) is 12.1 Å². The fourth-order valence-electron chi connectivity index (χ4n) is 1.19. The number of aliphatic carboxylic acids is 2. The molecule has 7 heteroatoms. The van der Waals surface area contributed by atoms with Gasteiger partial charge >= 0.3 is 11.9 Å². The average Bonchev–Trinajstić information content (AvgIpc) is 2.76. The fourth-order valence-corrected chi connectivity index (χ4v) is 1.19. The molecule has 0 saturated heterocycles. The second kappa shape index (κ2) is 5.48. The van der Waals surface area contributed by atoms with Gasteiger partial charge in [0.05, 0.1) is 11.8 Å². The van der Waals surface area contributed by atoms with Gasteiger partial charge in [0.2, 0.25) is 0 Å². The molecule has 0 fully saturated rings. The highest BCUT2D eigenvalue weighted by molar-refractivity contribution is 6.27. The summed E-state index contributed by atoms with van der Waals surface area (Å²) in [6.45, 7) is 0. The van der Waals surface area contributed by atoms with Crippen molar-refractivity contribution in [2.45, 2.75) is 0 Å². The van der Waals surface area contributed by atoms with Crippen LogP contribution in [0.2, 0.25) is 0 Å². The third-order valence-corrected chi connectivity index (χ3v) is 1.93. The van der Waals surface area contributed by atoms with E-state index in [0.717, 1.165) is 5.39 Å². The van der Waals surface area contributed by atoms with E-state index in [2.05, 4.69) is 0 Å². The summed E-state index contributed by atoms with van der Waals surface area (Å²) in [6, 6.07) is 7.08. The predicted octanol–water partition coefficient (Wildman–Crippen LogP) is 0.687. The number of carboxylic acid groups (broad SMARTS) is 2. The van der Waals surface area contributed by atoms with Crippen LogP contribution in [-0.4, -0.2) is 28.1 Å². The molecule has 0 aliphatic rings. The van der Waals surface area contributed by atoms with Gasteiger partial charge in [-0.25, -0.2) is 9.59 Å². The molecule has 0 radical (unpaired) electrons. The van der Waals surface area contributed by atoms with Crippen molar-refractivity contribution < 1.29 is 29.0 Å². The molecule has 0 unspecified atom stereocenters. The maximum atomic E-state index is 10.9. The van der Waals surface area contributed by atoms with Crippen molar-refractivity contribution in [1.29, 1.82) is 0 Å². The number of fused-ring (bicyclic) bond motifs is 1. The Kier molecular flexibility index (Phi) is 4.03. The van der Waals surface area contributed by atoms with E-state index in [1.54, 1.807) is 18.2 Å². The third-order valence-electron chi connectivity index (χ3n) is 1.93. The largest absolute Gasteiger partial charge is 0.473 e. The first kappa shape index (κ1) is 13.2. The van der Waals surface area contributed by atoms with Gasteiger partial charge in [0, 0.05) is 5.39 Å². The second-order valence-electron chi connectivity index (χ2n) is 3.12. The summed E-state index contributed by atoms with van der Waals surface area (Å²) >= 11 is 0. The van der Waals surface area contributed by atoms with Gasteiger partial charge in [0.25, 0.3) is 5.91 Å².